The van der Waals surface area contributed by atoms with Crippen LogP contribution in [-0.2, 0) is 9.59 Å². The summed E-state index contributed by atoms with van der Waals surface area (Å²) in [6, 6.07) is 5.77. The molecule has 2 amide bonds. The molecule has 1 aromatic rings. The van der Waals surface area contributed by atoms with Crippen molar-refractivity contribution in [1.29, 1.82) is 0 Å². The number of nitrogens with one attached hydrogen (secondary N) is 2. The number of piperazine rings is 1. The number of likely N-dealkylation sites (N-methyl/N-ethyl adjacent to an activating group) is 1. The van der Waals surface area contributed by atoms with Crippen LogP contribution in [0.5, 0.6) is 0 Å². The van der Waals surface area contributed by atoms with Gasteiger partial charge in [0.2, 0.25) is 11.8 Å². The number of carbonyl (C=O) groups is 2. The first kappa shape index (κ1) is 17.4. The van der Waals surface area contributed by atoms with Crippen LogP contribution in [0.15, 0.2) is 24.3 Å². The van der Waals surface area contributed by atoms with Crippen molar-refractivity contribution in [1.82, 2.24) is 15.1 Å². The van der Waals surface area contributed by atoms with Gasteiger partial charge in [0.1, 0.15) is 5.82 Å². The SMILES string of the molecule is CN(CCC(=O)N1CCNCC1)CC(=O)Nc1cccc(F)c1. The molecular weight excluding hydrogens is 299 g/mol. The maximum Gasteiger partial charge on any atom is 0.238 e. The van der Waals surface area contributed by atoms with Crippen molar-refractivity contribution < 1.29 is 14.0 Å². The zero-order chi connectivity index (χ0) is 16.7. The molecule has 0 aromatic heterocycles. The average Bonchev–Trinajstić information content (AvgIpc) is 2.53. The summed E-state index contributed by atoms with van der Waals surface area (Å²) in [5.41, 5.74) is 0.431. The molecule has 7 heteroatoms. The normalized spacial score (nSPS) is 14.8. The van der Waals surface area contributed by atoms with E-state index in [2.05, 4.69) is 10.6 Å². The molecule has 0 spiro atoms. The number of anilines is 1. The summed E-state index contributed by atoms with van der Waals surface area (Å²) < 4.78 is 13.1. The highest BCUT2D eigenvalue weighted by molar-refractivity contribution is 5.92. The van der Waals surface area contributed by atoms with Crippen LogP contribution >= 0.6 is 0 Å². The highest BCUT2D eigenvalue weighted by Gasteiger charge is 2.17. The maximum atomic E-state index is 13.1. The van der Waals surface area contributed by atoms with Crippen molar-refractivity contribution in [2.45, 2.75) is 6.42 Å². The lowest BCUT2D eigenvalue weighted by molar-refractivity contribution is -0.132. The largest absolute Gasteiger partial charge is 0.340 e. The van der Waals surface area contributed by atoms with E-state index in [0.29, 0.717) is 18.7 Å². The molecule has 0 unspecified atom stereocenters. The Labute approximate surface area is 135 Å². The van der Waals surface area contributed by atoms with E-state index >= 15 is 0 Å². The van der Waals surface area contributed by atoms with Gasteiger partial charge in [-0.2, -0.15) is 0 Å². The van der Waals surface area contributed by atoms with Gasteiger partial charge in [-0.25, -0.2) is 4.39 Å². The van der Waals surface area contributed by atoms with Crippen LogP contribution in [-0.4, -0.2) is 67.9 Å². The third kappa shape index (κ3) is 5.96. The number of hydrogen-bond donors (Lipinski definition) is 2. The summed E-state index contributed by atoms with van der Waals surface area (Å²) in [5, 5.41) is 5.84. The minimum Gasteiger partial charge on any atom is -0.340 e. The predicted octanol–water partition coefficient (Wildman–Crippen LogP) is 0.518. The van der Waals surface area contributed by atoms with Gasteiger partial charge < -0.3 is 15.5 Å². The van der Waals surface area contributed by atoms with Crippen molar-refractivity contribution in [3.8, 4) is 0 Å². The third-order valence-electron chi connectivity index (χ3n) is 3.70. The fourth-order valence-corrected chi connectivity index (χ4v) is 2.45. The molecule has 126 valence electrons. The van der Waals surface area contributed by atoms with Gasteiger partial charge in [-0.3, -0.25) is 14.5 Å². The van der Waals surface area contributed by atoms with Crippen LogP contribution < -0.4 is 10.6 Å². The molecule has 2 N–H and O–H groups in total. The van der Waals surface area contributed by atoms with Gasteiger partial charge >= 0.3 is 0 Å². The van der Waals surface area contributed by atoms with E-state index in [0.717, 1.165) is 26.2 Å². The van der Waals surface area contributed by atoms with Crippen molar-refractivity contribution in [2.24, 2.45) is 0 Å². The molecule has 0 saturated carbocycles. The van der Waals surface area contributed by atoms with Crippen molar-refractivity contribution in [2.75, 3.05) is 51.6 Å². The molecule has 1 aliphatic heterocycles. The number of amides is 2. The standard InChI is InChI=1S/C16H23FN4O2/c1-20(8-5-16(23)21-9-6-18-7-10-21)12-15(22)19-14-4-2-3-13(17)11-14/h2-4,11,18H,5-10,12H2,1H3,(H,19,22). The predicted molar refractivity (Wildman–Crippen MR) is 86.6 cm³/mol. The van der Waals surface area contributed by atoms with E-state index in [1.807, 2.05) is 4.90 Å². The number of hydrogen-bond acceptors (Lipinski definition) is 4. The molecule has 2 rings (SSSR count). The first-order valence-electron chi connectivity index (χ1n) is 7.77. The van der Waals surface area contributed by atoms with Gasteiger partial charge in [-0.05, 0) is 25.2 Å². The Bertz CT molecular complexity index is 547. The zero-order valence-corrected chi connectivity index (χ0v) is 13.3. The number of benzene rings is 1. The smallest absolute Gasteiger partial charge is 0.238 e. The minimum absolute atomic E-state index is 0.115. The first-order chi connectivity index (χ1) is 11.0. The van der Waals surface area contributed by atoms with Crippen molar-refractivity contribution in [3.63, 3.8) is 0 Å². The van der Waals surface area contributed by atoms with Crippen LogP contribution in [0, 0.1) is 5.82 Å². The van der Waals surface area contributed by atoms with Gasteiger partial charge in [-0.15, -0.1) is 0 Å². The van der Waals surface area contributed by atoms with Crippen molar-refractivity contribution >= 4 is 17.5 Å². The van der Waals surface area contributed by atoms with E-state index in [-0.39, 0.29) is 18.4 Å². The summed E-state index contributed by atoms with van der Waals surface area (Å²) in [4.78, 5) is 27.6. The highest BCUT2D eigenvalue weighted by Crippen LogP contribution is 2.09. The minimum atomic E-state index is -0.391. The summed E-state index contributed by atoms with van der Waals surface area (Å²) in [7, 11) is 1.79. The Morgan fingerprint density at radius 3 is 2.78 bits per heavy atom. The lowest BCUT2D eigenvalue weighted by Crippen LogP contribution is -2.47. The molecule has 6 nitrogen and oxygen atoms in total. The summed E-state index contributed by atoms with van der Waals surface area (Å²) in [6.45, 7) is 3.81. The molecule has 1 aromatic carbocycles. The quantitative estimate of drug-likeness (QED) is 0.801. The number of carbonyl (C=O) groups excluding carboxylic acids is 2. The van der Waals surface area contributed by atoms with Crippen LogP contribution in [0.1, 0.15) is 6.42 Å². The van der Waals surface area contributed by atoms with Crippen LogP contribution in [0.4, 0.5) is 10.1 Å². The molecule has 1 aliphatic rings. The summed E-state index contributed by atoms with van der Waals surface area (Å²) >= 11 is 0. The van der Waals surface area contributed by atoms with Crippen LogP contribution in [0.2, 0.25) is 0 Å². The lowest BCUT2D eigenvalue weighted by atomic mass is 10.3. The third-order valence-corrected chi connectivity index (χ3v) is 3.70. The monoisotopic (exact) mass is 322 g/mol. The second-order valence-electron chi connectivity index (χ2n) is 5.68. The Hall–Kier alpha value is -1.99. The average molecular weight is 322 g/mol. The topological polar surface area (TPSA) is 64.7 Å². The molecule has 1 saturated heterocycles. The lowest BCUT2D eigenvalue weighted by Gasteiger charge is -2.28. The van der Waals surface area contributed by atoms with Gasteiger partial charge in [-0.1, -0.05) is 6.07 Å². The van der Waals surface area contributed by atoms with E-state index in [9.17, 15) is 14.0 Å². The Morgan fingerprint density at radius 2 is 2.09 bits per heavy atom. The molecule has 0 aliphatic carbocycles. The second-order valence-corrected chi connectivity index (χ2v) is 5.68. The zero-order valence-electron chi connectivity index (χ0n) is 13.3. The van der Waals surface area contributed by atoms with E-state index < -0.39 is 5.82 Å². The van der Waals surface area contributed by atoms with Crippen LogP contribution in [0.25, 0.3) is 0 Å². The van der Waals surface area contributed by atoms with E-state index in [1.165, 1.54) is 12.1 Å². The van der Waals surface area contributed by atoms with E-state index in [1.54, 1.807) is 24.1 Å². The Balaban J connectivity index is 1.70. The Morgan fingerprint density at radius 1 is 1.35 bits per heavy atom. The second kappa shape index (κ2) is 8.59. The fraction of sp³-hybridized carbons (Fsp3) is 0.500. The molecular formula is C16H23FN4O2. The van der Waals surface area contributed by atoms with Crippen LogP contribution in [0.3, 0.4) is 0 Å². The number of rotatable bonds is 6. The molecule has 0 atom stereocenters. The van der Waals surface area contributed by atoms with E-state index in [4.69, 9.17) is 0 Å². The van der Waals surface area contributed by atoms with Crippen molar-refractivity contribution in [3.05, 3.63) is 30.1 Å². The highest BCUT2D eigenvalue weighted by atomic mass is 19.1. The molecule has 23 heavy (non-hydrogen) atoms. The molecule has 0 bridgehead atoms. The molecule has 1 heterocycles. The number of halogens is 1. The summed E-state index contributed by atoms with van der Waals surface area (Å²) in [6.07, 6.45) is 0.393. The van der Waals surface area contributed by atoms with Gasteiger partial charge in [0.05, 0.1) is 6.54 Å². The number of nitrogens with zero attached hydrogens (tertiary/aromatic N) is 2. The van der Waals surface area contributed by atoms with Gasteiger partial charge in [0, 0.05) is 44.8 Å². The molecule has 0 radical (unpaired) electrons. The first-order valence-corrected chi connectivity index (χ1v) is 7.77. The summed E-state index contributed by atoms with van der Waals surface area (Å²) in [5.74, 6) is -0.505. The van der Waals surface area contributed by atoms with Gasteiger partial charge in [0.15, 0.2) is 0 Å². The molecule has 1 fully saturated rings. The fourth-order valence-electron chi connectivity index (χ4n) is 2.45. The Kier molecular flexibility index (Phi) is 6.49. The van der Waals surface area contributed by atoms with Gasteiger partial charge in [0.25, 0.3) is 0 Å². The maximum absolute atomic E-state index is 13.1.